The number of rotatable bonds is 5. The van der Waals surface area contributed by atoms with Crippen molar-refractivity contribution < 1.29 is 9.53 Å². The largest absolute Gasteiger partial charge is 0.490 e. The van der Waals surface area contributed by atoms with Crippen LogP contribution in [0.1, 0.15) is 41.7 Å². The quantitative estimate of drug-likeness (QED) is 0.462. The van der Waals surface area contributed by atoms with Gasteiger partial charge in [0.2, 0.25) is 0 Å². The first kappa shape index (κ1) is 21.7. The van der Waals surface area contributed by atoms with Crippen LogP contribution in [0.2, 0.25) is 10.0 Å². The molecule has 7 nitrogen and oxygen atoms in total. The molecule has 3 aromatic rings. The van der Waals surface area contributed by atoms with E-state index in [9.17, 15) is 4.79 Å². The van der Waals surface area contributed by atoms with Crippen LogP contribution >= 0.6 is 23.2 Å². The fraction of sp³-hybridized carbons (Fsp3) is 0.250. The number of fused-ring (bicyclic) bond motifs is 1. The van der Waals surface area contributed by atoms with E-state index in [1.807, 2.05) is 0 Å². The number of aliphatic imine (C=N–C) groups is 1. The zero-order chi connectivity index (χ0) is 22.8. The number of hydrogen-bond donors (Lipinski definition) is 2. The van der Waals surface area contributed by atoms with Gasteiger partial charge in [-0.1, -0.05) is 29.3 Å². The average molecular weight is 482 g/mol. The van der Waals surface area contributed by atoms with E-state index in [0.29, 0.717) is 39.6 Å². The highest BCUT2D eigenvalue weighted by Crippen LogP contribution is 2.34. The molecule has 0 saturated heterocycles. The Bertz CT molecular complexity index is 1220. The Hall–Kier alpha value is -3.16. The summed E-state index contributed by atoms with van der Waals surface area (Å²) in [5.74, 6) is 1.46. The summed E-state index contributed by atoms with van der Waals surface area (Å²) in [7, 11) is 0. The number of carbonyl (C=O) groups excluding carboxylic acids is 1. The number of amides is 1. The lowest BCUT2D eigenvalue weighted by molar-refractivity contribution is 0.102. The van der Waals surface area contributed by atoms with Gasteiger partial charge in [0.15, 0.2) is 0 Å². The van der Waals surface area contributed by atoms with Gasteiger partial charge in [0.05, 0.1) is 28.0 Å². The Kier molecular flexibility index (Phi) is 6.15. The lowest BCUT2D eigenvalue weighted by atomic mass is 10.1. The number of halogens is 2. The number of nitrogens with one attached hydrogen (secondary N) is 2. The minimum atomic E-state index is -0.345. The monoisotopic (exact) mass is 481 g/mol. The number of anilines is 2. The van der Waals surface area contributed by atoms with E-state index in [1.165, 1.54) is 12.8 Å². The second-order valence-electron chi connectivity index (χ2n) is 8.01. The molecule has 0 bridgehead atoms. The summed E-state index contributed by atoms with van der Waals surface area (Å²) in [6.07, 6.45) is 8.49. The molecule has 0 radical (unpaired) electrons. The van der Waals surface area contributed by atoms with E-state index in [1.54, 1.807) is 48.8 Å². The molecule has 168 valence electrons. The van der Waals surface area contributed by atoms with Crippen molar-refractivity contribution in [2.24, 2.45) is 4.99 Å². The molecule has 1 aliphatic carbocycles. The first-order valence-electron chi connectivity index (χ1n) is 10.8. The Morgan fingerprint density at radius 1 is 1.12 bits per heavy atom. The molecule has 1 aromatic carbocycles. The summed E-state index contributed by atoms with van der Waals surface area (Å²) in [4.78, 5) is 25.9. The van der Waals surface area contributed by atoms with E-state index in [4.69, 9.17) is 27.9 Å². The van der Waals surface area contributed by atoms with Gasteiger partial charge in [0.25, 0.3) is 5.91 Å². The molecule has 2 N–H and O–H groups in total. The van der Waals surface area contributed by atoms with Crippen LogP contribution in [-0.4, -0.2) is 27.8 Å². The van der Waals surface area contributed by atoms with E-state index in [-0.39, 0.29) is 17.7 Å². The molecule has 33 heavy (non-hydrogen) atoms. The van der Waals surface area contributed by atoms with Crippen LogP contribution in [0.25, 0.3) is 0 Å². The van der Waals surface area contributed by atoms with E-state index >= 15 is 0 Å². The average Bonchev–Trinajstić information content (AvgIpc) is 3.45. The van der Waals surface area contributed by atoms with Crippen molar-refractivity contribution in [3.63, 3.8) is 0 Å². The van der Waals surface area contributed by atoms with Crippen molar-refractivity contribution in [3.05, 3.63) is 70.1 Å². The Morgan fingerprint density at radius 2 is 1.91 bits per heavy atom. The minimum Gasteiger partial charge on any atom is -0.490 e. The van der Waals surface area contributed by atoms with Crippen molar-refractivity contribution >= 4 is 52.1 Å². The van der Waals surface area contributed by atoms with Crippen LogP contribution in [0.15, 0.2) is 53.8 Å². The van der Waals surface area contributed by atoms with Gasteiger partial charge in [-0.15, -0.1) is 0 Å². The number of hydrogen-bond acceptors (Lipinski definition) is 5. The number of pyridine rings is 2. The highest BCUT2D eigenvalue weighted by Gasteiger charge is 2.21. The first-order valence-corrected chi connectivity index (χ1v) is 11.5. The van der Waals surface area contributed by atoms with Crippen molar-refractivity contribution in [3.8, 4) is 5.75 Å². The molecule has 2 aromatic heterocycles. The molecule has 5 rings (SSSR count). The maximum atomic E-state index is 12.8. The normalized spacial score (nSPS) is 16.5. The van der Waals surface area contributed by atoms with Crippen molar-refractivity contribution in [2.75, 3.05) is 10.6 Å². The highest BCUT2D eigenvalue weighted by atomic mass is 35.5. The summed E-state index contributed by atoms with van der Waals surface area (Å²) in [5.41, 5.74) is 2.49. The Morgan fingerprint density at radius 3 is 2.70 bits per heavy atom. The maximum Gasteiger partial charge on any atom is 0.275 e. The molecule has 2 aliphatic rings. The van der Waals surface area contributed by atoms with Crippen LogP contribution in [0, 0.1) is 0 Å². The second kappa shape index (κ2) is 9.37. The van der Waals surface area contributed by atoms with Gasteiger partial charge in [-0.05, 0) is 55.5 Å². The number of amidine groups is 1. The van der Waals surface area contributed by atoms with Crippen LogP contribution < -0.4 is 15.4 Å². The molecule has 9 heteroatoms. The topological polar surface area (TPSA) is 88.5 Å². The van der Waals surface area contributed by atoms with Crippen LogP contribution in [0.3, 0.4) is 0 Å². The molecule has 1 amide bonds. The van der Waals surface area contributed by atoms with Crippen LogP contribution in [0.5, 0.6) is 5.75 Å². The molecule has 1 saturated carbocycles. The second-order valence-corrected chi connectivity index (χ2v) is 8.83. The molecule has 1 aliphatic heterocycles. The number of para-hydroxylation sites is 1. The van der Waals surface area contributed by atoms with Crippen LogP contribution in [0.4, 0.5) is 17.2 Å². The number of benzene rings is 1. The Balaban J connectivity index is 1.28. The predicted molar refractivity (Wildman–Crippen MR) is 130 cm³/mol. The first-order chi connectivity index (χ1) is 16.0. The fourth-order valence-electron chi connectivity index (χ4n) is 3.99. The summed E-state index contributed by atoms with van der Waals surface area (Å²) in [6, 6.07) is 10.5. The molecule has 1 fully saturated rings. The van der Waals surface area contributed by atoms with Gasteiger partial charge < -0.3 is 15.4 Å². The van der Waals surface area contributed by atoms with Crippen molar-refractivity contribution in [1.29, 1.82) is 0 Å². The molecular weight excluding hydrogens is 461 g/mol. The third kappa shape index (κ3) is 4.94. The zero-order valence-electron chi connectivity index (χ0n) is 17.6. The van der Waals surface area contributed by atoms with E-state index < -0.39 is 0 Å². The van der Waals surface area contributed by atoms with E-state index in [2.05, 4.69) is 25.6 Å². The lowest BCUT2D eigenvalue weighted by Crippen LogP contribution is -2.15. The van der Waals surface area contributed by atoms with Gasteiger partial charge in [-0.3, -0.25) is 4.79 Å². The van der Waals surface area contributed by atoms with Gasteiger partial charge in [-0.2, -0.15) is 0 Å². The molecule has 0 atom stereocenters. The summed E-state index contributed by atoms with van der Waals surface area (Å²) in [6.45, 7) is 0. The fourth-order valence-corrected chi connectivity index (χ4v) is 4.47. The number of ether oxygens (including phenoxy) is 1. The zero-order valence-corrected chi connectivity index (χ0v) is 19.2. The van der Waals surface area contributed by atoms with E-state index in [0.717, 1.165) is 24.1 Å². The number of nitrogens with zero attached hydrogens (tertiary/aromatic N) is 3. The lowest BCUT2D eigenvalue weighted by Gasteiger charge is -2.13. The Labute approximate surface area is 201 Å². The smallest absolute Gasteiger partial charge is 0.275 e. The summed E-state index contributed by atoms with van der Waals surface area (Å²) < 4.78 is 5.99. The molecule has 3 heterocycles. The maximum absolute atomic E-state index is 12.8. The number of carbonyl (C=O) groups is 1. The van der Waals surface area contributed by atoms with Gasteiger partial charge in [0, 0.05) is 18.7 Å². The number of aromatic nitrogens is 2. The predicted octanol–water partition coefficient (Wildman–Crippen LogP) is 6.06. The molecule has 0 spiro atoms. The molecular formula is C24H21Cl2N5O2. The third-order valence-electron chi connectivity index (χ3n) is 5.62. The summed E-state index contributed by atoms with van der Waals surface area (Å²) in [5, 5.41) is 6.95. The van der Waals surface area contributed by atoms with Gasteiger partial charge >= 0.3 is 0 Å². The van der Waals surface area contributed by atoms with Crippen molar-refractivity contribution in [1.82, 2.24) is 9.97 Å². The van der Waals surface area contributed by atoms with Gasteiger partial charge in [0.1, 0.15) is 28.8 Å². The van der Waals surface area contributed by atoms with Crippen molar-refractivity contribution in [2.45, 2.75) is 38.2 Å². The third-order valence-corrected chi connectivity index (χ3v) is 6.23. The SMILES string of the molecule is O=C(Nc1cc(OC2CCCC2)ccn1)c1cc2c(cn1)NC(=Nc1c(Cl)cccc1Cl)C2. The summed E-state index contributed by atoms with van der Waals surface area (Å²) >= 11 is 12.4. The minimum absolute atomic E-state index is 0.235. The molecule has 0 unspecified atom stereocenters. The van der Waals surface area contributed by atoms with Crippen LogP contribution in [-0.2, 0) is 6.42 Å². The van der Waals surface area contributed by atoms with Gasteiger partial charge in [-0.25, -0.2) is 15.0 Å². The highest BCUT2D eigenvalue weighted by molar-refractivity contribution is 6.39. The standard InChI is InChI=1S/C24H21Cl2N5O2/c25-17-6-3-7-18(26)23(17)30-22-11-14-10-19(28-13-20(14)29-22)24(32)31-21-12-16(8-9-27-21)33-15-4-1-2-5-15/h3,6-10,12-13,15H,1-2,4-5,11H2,(H,29,30)(H,27,31,32).